The summed E-state index contributed by atoms with van der Waals surface area (Å²) in [4.78, 5) is 34.3. The van der Waals surface area contributed by atoms with Crippen molar-refractivity contribution in [2.45, 2.75) is 13.3 Å². The summed E-state index contributed by atoms with van der Waals surface area (Å²) in [5.74, 6) is -1.26. The fourth-order valence-electron chi connectivity index (χ4n) is 1.16. The normalized spacial score (nSPS) is 15.9. The van der Waals surface area contributed by atoms with E-state index in [-0.39, 0.29) is 31.1 Å². The van der Waals surface area contributed by atoms with Crippen LogP contribution in [-0.4, -0.2) is 35.7 Å². The van der Waals surface area contributed by atoms with Gasteiger partial charge in [0.05, 0.1) is 19.6 Å². The molecule has 0 unspecified atom stereocenters. The number of hydrogen-bond acceptors (Lipinski definition) is 4. The van der Waals surface area contributed by atoms with Crippen LogP contribution in [0, 0.1) is 0 Å². The number of Topliss-reactive ketones (excluding diaryl/α,β-unsaturated/α-hetero) is 1. The Labute approximate surface area is 81.3 Å². The SMILES string of the molecule is C=C(C(=O)OCC)N1CC(=O)CC1=O. The Hall–Kier alpha value is -1.65. The van der Waals surface area contributed by atoms with Gasteiger partial charge in [-0.25, -0.2) is 4.79 Å². The fourth-order valence-corrected chi connectivity index (χ4v) is 1.16. The Morgan fingerprint density at radius 1 is 1.57 bits per heavy atom. The minimum Gasteiger partial charge on any atom is -0.461 e. The minimum absolute atomic E-state index is 0.0669. The molecule has 0 saturated carbocycles. The lowest BCUT2D eigenvalue weighted by atomic mass is 10.3. The molecule has 0 radical (unpaired) electrons. The molecule has 0 spiro atoms. The predicted molar refractivity (Wildman–Crippen MR) is 47.1 cm³/mol. The number of carbonyl (C=O) groups excluding carboxylic acids is 3. The van der Waals surface area contributed by atoms with Crippen molar-refractivity contribution in [3.8, 4) is 0 Å². The molecule has 0 atom stereocenters. The van der Waals surface area contributed by atoms with E-state index in [2.05, 4.69) is 11.3 Å². The molecule has 1 saturated heterocycles. The number of carbonyl (C=O) groups is 3. The summed E-state index contributed by atoms with van der Waals surface area (Å²) in [5.41, 5.74) is -0.0669. The summed E-state index contributed by atoms with van der Waals surface area (Å²) in [7, 11) is 0. The highest BCUT2D eigenvalue weighted by Gasteiger charge is 2.32. The van der Waals surface area contributed by atoms with E-state index in [9.17, 15) is 14.4 Å². The smallest absolute Gasteiger partial charge is 0.354 e. The van der Waals surface area contributed by atoms with Crippen LogP contribution in [0.25, 0.3) is 0 Å². The third-order valence-corrected chi connectivity index (χ3v) is 1.82. The number of ketones is 1. The highest BCUT2D eigenvalue weighted by atomic mass is 16.5. The van der Waals surface area contributed by atoms with E-state index in [1.54, 1.807) is 6.92 Å². The molecular weight excluding hydrogens is 186 g/mol. The second-order valence-corrected chi connectivity index (χ2v) is 2.86. The Morgan fingerprint density at radius 3 is 2.64 bits per heavy atom. The van der Waals surface area contributed by atoms with Crippen molar-refractivity contribution in [1.29, 1.82) is 0 Å². The van der Waals surface area contributed by atoms with Crippen molar-refractivity contribution in [2.75, 3.05) is 13.2 Å². The zero-order valence-corrected chi connectivity index (χ0v) is 7.91. The second-order valence-electron chi connectivity index (χ2n) is 2.86. The molecule has 1 aliphatic rings. The molecule has 5 nitrogen and oxygen atoms in total. The highest BCUT2D eigenvalue weighted by molar-refractivity contribution is 6.08. The first-order valence-corrected chi connectivity index (χ1v) is 4.24. The number of ether oxygens (including phenoxy) is 1. The minimum atomic E-state index is -0.657. The summed E-state index contributed by atoms with van der Waals surface area (Å²) in [6.07, 6.45) is -0.154. The van der Waals surface area contributed by atoms with E-state index in [0.717, 1.165) is 4.90 Å². The van der Waals surface area contributed by atoms with Crippen LogP contribution < -0.4 is 0 Å². The lowest BCUT2D eigenvalue weighted by Crippen LogP contribution is -2.29. The van der Waals surface area contributed by atoms with Gasteiger partial charge >= 0.3 is 5.97 Å². The van der Waals surface area contributed by atoms with Crippen LogP contribution in [-0.2, 0) is 19.1 Å². The van der Waals surface area contributed by atoms with E-state index >= 15 is 0 Å². The molecule has 76 valence electrons. The second kappa shape index (κ2) is 4.04. The van der Waals surface area contributed by atoms with Crippen LogP contribution in [0.5, 0.6) is 0 Å². The number of esters is 1. The first kappa shape index (κ1) is 10.4. The van der Waals surface area contributed by atoms with Crippen LogP contribution in [0.1, 0.15) is 13.3 Å². The summed E-state index contributed by atoms with van der Waals surface area (Å²) < 4.78 is 4.66. The first-order chi connectivity index (χ1) is 6.56. The molecule has 0 aliphatic carbocycles. The van der Waals surface area contributed by atoms with Crippen molar-refractivity contribution in [1.82, 2.24) is 4.90 Å². The van der Waals surface area contributed by atoms with Crippen LogP contribution in [0.15, 0.2) is 12.3 Å². The van der Waals surface area contributed by atoms with E-state index < -0.39 is 11.9 Å². The number of hydrogen-bond donors (Lipinski definition) is 0. The van der Waals surface area contributed by atoms with Crippen molar-refractivity contribution in [2.24, 2.45) is 0 Å². The summed E-state index contributed by atoms with van der Waals surface area (Å²) >= 11 is 0. The Kier molecular flexibility index (Phi) is 3.01. The standard InChI is InChI=1S/C9H11NO4/c1-3-14-9(13)6(2)10-5-7(11)4-8(10)12/h2-5H2,1H3. The van der Waals surface area contributed by atoms with Crippen molar-refractivity contribution in [3.05, 3.63) is 12.3 Å². The maximum absolute atomic E-state index is 11.2. The van der Waals surface area contributed by atoms with E-state index in [1.165, 1.54) is 0 Å². The molecular formula is C9H11NO4. The maximum atomic E-state index is 11.2. The van der Waals surface area contributed by atoms with E-state index in [0.29, 0.717) is 0 Å². The van der Waals surface area contributed by atoms with Gasteiger partial charge in [0.1, 0.15) is 5.70 Å². The van der Waals surface area contributed by atoms with Crippen molar-refractivity contribution < 1.29 is 19.1 Å². The molecule has 1 aliphatic heterocycles. The zero-order chi connectivity index (χ0) is 10.7. The van der Waals surface area contributed by atoms with E-state index in [4.69, 9.17) is 0 Å². The van der Waals surface area contributed by atoms with Gasteiger partial charge in [-0.1, -0.05) is 6.58 Å². The zero-order valence-electron chi connectivity index (χ0n) is 7.91. The molecule has 5 heteroatoms. The van der Waals surface area contributed by atoms with Gasteiger partial charge in [-0.05, 0) is 6.92 Å². The number of amides is 1. The van der Waals surface area contributed by atoms with Gasteiger partial charge in [-0.3, -0.25) is 14.5 Å². The third kappa shape index (κ3) is 1.99. The maximum Gasteiger partial charge on any atom is 0.354 e. The molecule has 0 N–H and O–H groups in total. The largest absolute Gasteiger partial charge is 0.461 e. The molecule has 1 fully saturated rings. The molecule has 1 heterocycles. The summed E-state index contributed by atoms with van der Waals surface area (Å²) in [6, 6.07) is 0. The van der Waals surface area contributed by atoms with Crippen molar-refractivity contribution in [3.63, 3.8) is 0 Å². The van der Waals surface area contributed by atoms with Crippen LogP contribution >= 0.6 is 0 Å². The van der Waals surface area contributed by atoms with Crippen molar-refractivity contribution >= 4 is 17.7 Å². The molecule has 1 rings (SSSR count). The average molecular weight is 197 g/mol. The molecule has 0 aromatic carbocycles. The molecule has 14 heavy (non-hydrogen) atoms. The van der Waals surface area contributed by atoms with Crippen LogP contribution in [0.3, 0.4) is 0 Å². The van der Waals surface area contributed by atoms with Gasteiger partial charge in [-0.15, -0.1) is 0 Å². The Bertz CT molecular complexity index is 308. The molecule has 0 aromatic heterocycles. The average Bonchev–Trinajstić information content (AvgIpc) is 2.44. The van der Waals surface area contributed by atoms with Gasteiger partial charge in [0.15, 0.2) is 5.78 Å². The van der Waals surface area contributed by atoms with Crippen LogP contribution in [0.2, 0.25) is 0 Å². The number of likely N-dealkylation sites (tertiary alicyclic amines) is 1. The van der Waals surface area contributed by atoms with Gasteiger partial charge in [0.2, 0.25) is 5.91 Å². The number of rotatable bonds is 3. The molecule has 0 bridgehead atoms. The first-order valence-electron chi connectivity index (χ1n) is 4.24. The predicted octanol–water partition coefficient (Wildman–Crippen LogP) is -0.135. The summed E-state index contributed by atoms with van der Waals surface area (Å²) in [6.45, 7) is 5.22. The topological polar surface area (TPSA) is 63.7 Å². The molecule has 1 amide bonds. The highest BCUT2D eigenvalue weighted by Crippen LogP contribution is 2.13. The van der Waals surface area contributed by atoms with Gasteiger partial charge in [0.25, 0.3) is 0 Å². The quantitative estimate of drug-likeness (QED) is 0.359. The Balaban J connectivity index is 2.66. The lowest BCUT2D eigenvalue weighted by Gasteiger charge is -2.15. The van der Waals surface area contributed by atoms with Crippen LogP contribution in [0.4, 0.5) is 0 Å². The van der Waals surface area contributed by atoms with E-state index in [1.807, 2.05) is 0 Å². The van der Waals surface area contributed by atoms with Gasteiger partial charge in [0, 0.05) is 0 Å². The third-order valence-electron chi connectivity index (χ3n) is 1.82. The molecule has 0 aromatic rings. The lowest BCUT2D eigenvalue weighted by molar-refractivity contribution is -0.142. The fraction of sp³-hybridized carbons (Fsp3) is 0.444. The van der Waals surface area contributed by atoms with Gasteiger partial charge < -0.3 is 4.74 Å². The summed E-state index contributed by atoms with van der Waals surface area (Å²) in [5, 5.41) is 0. The Morgan fingerprint density at radius 2 is 2.21 bits per heavy atom. The monoisotopic (exact) mass is 197 g/mol. The number of nitrogens with zero attached hydrogens (tertiary/aromatic N) is 1. The van der Waals surface area contributed by atoms with Gasteiger partial charge in [-0.2, -0.15) is 0 Å².